The van der Waals surface area contributed by atoms with E-state index in [1.54, 1.807) is 0 Å². The van der Waals surface area contributed by atoms with Gasteiger partial charge in [-0.25, -0.2) is 0 Å². The van der Waals surface area contributed by atoms with Crippen LogP contribution in [0.1, 0.15) is 0 Å². The fourth-order valence-corrected chi connectivity index (χ4v) is 2.34. The Hall–Kier alpha value is 0.270. The Morgan fingerprint density at radius 3 is 2.40 bits per heavy atom. The predicted octanol–water partition coefficient (Wildman–Crippen LogP) is 0.267. The minimum Gasteiger partial charge on any atom is -0.394 e. The Morgan fingerprint density at radius 1 is 1.40 bits per heavy atom. The third-order valence-corrected chi connectivity index (χ3v) is 2.88. The summed E-state index contributed by atoms with van der Waals surface area (Å²) >= 11 is 0. The van der Waals surface area contributed by atoms with Crippen LogP contribution < -0.4 is 0 Å². The molecule has 0 spiro atoms. The molecule has 3 heterocycles. The number of fused-ring (bicyclic) bond motifs is 3. The van der Waals surface area contributed by atoms with Gasteiger partial charge >= 0.3 is 8.60 Å². The van der Waals surface area contributed by atoms with Gasteiger partial charge in [0.2, 0.25) is 0 Å². The number of hydrogen-bond acceptors (Lipinski definition) is 4. The van der Waals surface area contributed by atoms with Crippen molar-refractivity contribution >= 4 is 8.60 Å². The first-order valence-electron chi connectivity index (χ1n) is 3.24. The standard InChI is InChI=1S/C5H9O4P/c6-1-5-4-2-7-10(9-5)8-3-4/h4-6H,1-3H2. The summed E-state index contributed by atoms with van der Waals surface area (Å²) in [6.07, 6.45) is -0.0476. The first kappa shape index (κ1) is 6.95. The zero-order chi connectivity index (χ0) is 6.97. The molecule has 5 heteroatoms. The van der Waals surface area contributed by atoms with Gasteiger partial charge in [0.05, 0.1) is 25.9 Å². The van der Waals surface area contributed by atoms with Crippen LogP contribution in [-0.4, -0.2) is 31.0 Å². The molecule has 1 atom stereocenters. The van der Waals surface area contributed by atoms with Crippen molar-refractivity contribution in [3.8, 4) is 0 Å². The van der Waals surface area contributed by atoms with Crippen LogP contribution in [0, 0.1) is 5.92 Å². The normalized spacial score (nSPS) is 45.9. The lowest BCUT2D eigenvalue weighted by Crippen LogP contribution is -2.40. The van der Waals surface area contributed by atoms with Crippen LogP contribution in [0.2, 0.25) is 0 Å². The van der Waals surface area contributed by atoms with E-state index < -0.39 is 8.60 Å². The van der Waals surface area contributed by atoms with E-state index in [2.05, 4.69) is 0 Å². The summed E-state index contributed by atoms with van der Waals surface area (Å²) in [5.41, 5.74) is 0. The van der Waals surface area contributed by atoms with Gasteiger partial charge < -0.3 is 18.7 Å². The molecule has 0 aromatic heterocycles. The second-order valence-electron chi connectivity index (χ2n) is 2.40. The number of aliphatic hydroxyl groups is 1. The second kappa shape index (κ2) is 2.72. The van der Waals surface area contributed by atoms with Crippen molar-refractivity contribution in [1.29, 1.82) is 0 Å². The smallest absolute Gasteiger partial charge is 0.333 e. The summed E-state index contributed by atoms with van der Waals surface area (Å²) < 4.78 is 15.4. The lowest BCUT2D eigenvalue weighted by atomic mass is 10.1. The van der Waals surface area contributed by atoms with E-state index in [-0.39, 0.29) is 18.6 Å². The molecule has 3 fully saturated rings. The fraction of sp³-hybridized carbons (Fsp3) is 1.00. The molecular formula is C5H9O4P. The van der Waals surface area contributed by atoms with Crippen molar-refractivity contribution in [2.45, 2.75) is 6.10 Å². The van der Waals surface area contributed by atoms with E-state index in [9.17, 15) is 0 Å². The van der Waals surface area contributed by atoms with Crippen molar-refractivity contribution in [3.05, 3.63) is 0 Å². The maximum atomic E-state index is 8.79. The van der Waals surface area contributed by atoms with Gasteiger partial charge in [-0.2, -0.15) is 0 Å². The molecule has 3 aliphatic rings. The van der Waals surface area contributed by atoms with Crippen LogP contribution in [0.4, 0.5) is 0 Å². The first-order chi connectivity index (χ1) is 4.90. The zero-order valence-electron chi connectivity index (χ0n) is 5.40. The van der Waals surface area contributed by atoms with Gasteiger partial charge in [-0.05, 0) is 0 Å². The predicted molar refractivity (Wildman–Crippen MR) is 34.3 cm³/mol. The van der Waals surface area contributed by atoms with Gasteiger partial charge in [-0.3, -0.25) is 0 Å². The highest BCUT2D eigenvalue weighted by atomic mass is 31.2. The molecule has 0 aromatic carbocycles. The Morgan fingerprint density at radius 2 is 2.10 bits per heavy atom. The van der Waals surface area contributed by atoms with Crippen LogP contribution in [0.25, 0.3) is 0 Å². The minimum atomic E-state index is -1.11. The summed E-state index contributed by atoms with van der Waals surface area (Å²) in [5.74, 6) is 0.234. The maximum absolute atomic E-state index is 8.79. The van der Waals surface area contributed by atoms with Gasteiger partial charge in [0.15, 0.2) is 0 Å². The van der Waals surface area contributed by atoms with Gasteiger partial charge in [0.1, 0.15) is 0 Å². The molecule has 1 unspecified atom stereocenters. The summed E-state index contributed by atoms with van der Waals surface area (Å²) in [6, 6.07) is 0. The van der Waals surface area contributed by atoms with E-state index in [0.717, 1.165) is 0 Å². The molecule has 4 nitrogen and oxygen atoms in total. The van der Waals surface area contributed by atoms with Crippen LogP contribution >= 0.6 is 8.60 Å². The Labute approximate surface area is 60.1 Å². The highest BCUT2D eigenvalue weighted by molar-refractivity contribution is 7.41. The lowest BCUT2D eigenvalue weighted by molar-refractivity contribution is -0.0711. The van der Waals surface area contributed by atoms with Crippen molar-refractivity contribution in [3.63, 3.8) is 0 Å². The Kier molecular flexibility index (Phi) is 1.89. The average molecular weight is 164 g/mol. The van der Waals surface area contributed by atoms with Crippen molar-refractivity contribution in [2.24, 2.45) is 5.92 Å². The Bertz CT molecular complexity index is 123. The zero-order valence-corrected chi connectivity index (χ0v) is 6.29. The summed E-state index contributed by atoms with van der Waals surface area (Å²) in [4.78, 5) is 0. The molecule has 3 aliphatic heterocycles. The third kappa shape index (κ3) is 1.06. The summed E-state index contributed by atoms with van der Waals surface area (Å²) in [7, 11) is -1.11. The van der Waals surface area contributed by atoms with Crippen LogP contribution in [-0.2, 0) is 13.6 Å². The SMILES string of the molecule is OCC1OP2OCC1CO2. The van der Waals surface area contributed by atoms with E-state index >= 15 is 0 Å². The molecule has 3 rings (SSSR count). The van der Waals surface area contributed by atoms with Gasteiger partial charge in [0.25, 0.3) is 0 Å². The molecule has 58 valence electrons. The number of hydrogen-bond donors (Lipinski definition) is 1. The molecule has 0 aliphatic carbocycles. The maximum Gasteiger partial charge on any atom is 0.333 e. The Balaban J connectivity index is 2.01. The monoisotopic (exact) mass is 164 g/mol. The molecule has 10 heavy (non-hydrogen) atoms. The number of rotatable bonds is 1. The van der Waals surface area contributed by atoms with Gasteiger partial charge in [-0.1, -0.05) is 0 Å². The van der Waals surface area contributed by atoms with Gasteiger partial charge in [0, 0.05) is 5.92 Å². The van der Waals surface area contributed by atoms with Crippen molar-refractivity contribution in [2.75, 3.05) is 19.8 Å². The number of aliphatic hydroxyl groups excluding tert-OH is 1. The second-order valence-corrected chi connectivity index (χ2v) is 3.58. The molecule has 1 N–H and O–H groups in total. The first-order valence-corrected chi connectivity index (χ1v) is 4.33. The molecule has 3 saturated heterocycles. The highest BCUT2D eigenvalue weighted by Crippen LogP contribution is 2.51. The summed E-state index contributed by atoms with van der Waals surface area (Å²) in [5, 5.41) is 8.79. The quantitative estimate of drug-likeness (QED) is 0.565. The molecule has 2 bridgehead atoms. The highest BCUT2D eigenvalue weighted by Gasteiger charge is 2.39. The molecule has 0 amide bonds. The van der Waals surface area contributed by atoms with E-state index in [0.29, 0.717) is 13.2 Å². The largest absolute Gasteiger partial charge is 0.394 e. The summed E-state index contributed by atoms with van der Waals surface area (Å²) in [6.45, 7) is 1.43. The van der Waals surface area contributed by atoms with Gasteiger partial charge in [-0.15, -0.1) is 0 Å². The van der Waals surface area contributed by atoms with Crippen molar-refractivity contribution in [1.82, 2.24) is 0 Å². The third-order valence-electron chi connectivity index (χ3n) is 1.72. The average Bonchev–Trinajstić information content (AvgIpc) is 2.06. The van der Waals surface area contributed by atoms with E-state index in [4.69, 9.17) is 18.7 Å². The minimum absolute atomic E-state index is 0.0476. The fourth-order valence-electron chi connectivity index (χ4n) is 1.05. The lowest BCUT2D eigenvalue weighted by Gasteiger charge is -2.39. The topological polar surface area (TPSA) is 47.9 Å². The van der Waals surface area contributed by atoms with Crippen LogP contribution in [0.3, 0.4) is 0 Å². The van der Waals surface area contributed by atoms with Crippen LogP contribution in [0.15, 0.2) is 0 Å². The molecule has 0 aromatic rings. The molecule has 0 saturated carbocycles. The van der Waals surface area contributed by atoms with Crippen molar-refractivity contribution < 1.29 is 18.7 Å². The van der Waals surface area contributed by atoms with E-state index in [1.807, 2.05) is 0 Å². The molecule has 0 radical (unpaired) electrons. The van der Waals surface area contributed by atoms with E-state index in [1.165, 1.54) is 0 Å². The van der Waals surface area contributed by atoms with Crippen LogP contribution in [0.5, 0.6) is 0 Å². The molecular weight excluding hydrogens is 155 g/mol.